The summed E-state index contributed by atoms with van der Waals surface area (Å²) in [4.78, 5) is 22.6. The van der Waals surface area contributed by atoms with Gasteiger partial charge in [-0.15, -0.1) is 0 Å². The molecule has 10 heteroatoms. The van der Waals surface area contributed by atoms with Crippen molar-refractivity contribution in [3.05, 3.63) is 22.5 Å². The van der Waals surface area contributed by atoms with Crippen molar-refractivity contribution < 1.29 is 22.9 Å². The lowest BCUT2D eigenvalue weighted by Gasteiger charge is -2.32. The minimum Gasteiger partial charge on any atom is -0.332 e. The summed E-state index contributed by atoms with van der Waals surface area (Å²) in [5.41, 5.74) is -0.300. The highest BCUT2D eigenvalue weighted by Crippen LogP contribution is 2.27. The Balaban J connectivity index is 2.15. The summed E-state index contributed by atoms with van der Waals surface area (Å²) in [6.45, 7) is -1.29. The fraction of sp³-hybridized carbons (Fsp3) is 0.600. The van der Waals surface area contributed by atoms with Crippen molar-refractivity contribution in [2.45, 2.75) is 25.1 Å². The zero-order valence-corrected chi connectivity index (χ0v) is 10.2. The Hall–Kier alpha value is -2.13. The molecule has 7 nitrogen and oxygen atoms in total. The zero-order chi connectivity index (χ0) is 14.9. The number of aromatic nitrogens is 2. The number of hydrogen-bond donors (Lipinski definition) is 0. The molecule has 1 amide bonds. The summed E-state index contributed by atoms with van der Waals surface area (Å²) in [6, 6.07) is -0.917. The van der Waals surface area contributed by atoms with E-state index in [4.69, 9.17) is 0 Å². The van der Waals surface area contributed by atoms with Gasteiger partial charge in [0.1, 0.15) is 25.0 Å². The Morgan fingerprint density at radius 3 is 2.75 bits per heavy atom. The van der Waals surface area contributed by atoms with Gasteiger partial charge in [-0.2, -0.15) is 18.3 Å². The third-order valence-electron chi connectivity index (χ3n) is 2.99. The third kappa shape index (κ3) is 3.06. The number of alkyl halides is 3. The van der Waals surface area contributed by atoms with E-state index in [0.717, 1.165) is 17.1 Å². The van der Waals surface area contributed by atoms with Crippen LogP contribution in [0.15, 0.2) is 12.4 Å². The van der Waals surface area contributed by atoms with Crippen LogP contribution in [0.3, 0.4) is 0 Å². The van der Waals surface area contributed by atoms with Gasteiger partial charge < -0.3 is 4.90 Å². The number of halogens is 3. The van der Waals surface area contributed by atoms with E-state index in [0.29, 0.717) is 17.7 Å². The molecule has 1 aliphatic rings. The van der Waals surface area contributed by atoms with Gasteiger partial charge in [-0.1, -0.05) is 0 Å². The van der Waals surface area contributed by atoms with Crippen LogP contribution in [0.25, 0.3) is 0 Å². The average Bonchev–Trinajstić information content (AvgIpc) is 2.79. The first-order valence-corrected chi connectivity index (χ1v) is 5.82. The van der Waals surface area contributed by atoms with E-state index in [1.54, 1.807) is 0 Å². The van der Waals surface area contributed by atoms with Gasteiger partial charge in [0.05, 0.1) is 4.92 Å². The Kier molecular flexibility index (Phi) is 3.64. The smallest absolute Gasteiger partial charge is 0.332 e. The Morgan fingerprint density at radius 1 is 1.50 bits per heavy atom. The summed E-state index contributed by atoms with van der Waals surface area (Å²) >= 11 is 0. The van der Waals surface area contributed by atoms with E-state index in [-0.39, 0.29) is 12.2 Å². The quantitative estimate of drug-likeness (QED) is 0.624. The molecule has 1 aromatic rings. The molecule has 0 aliphatic carbocycles. The molecule has 0 aromatic carbocycles. The molecule has 1 aromatic heterocycles. The summed E-state index contributed by atoms with van der Waals surface area (Å²) in [6.07, 6.45) is -1.74. The predicted octanol–water partition coefficient (Wildman–Crippen LogP) is 1.52. The van der Waals surface area contributed by atoms with Crippen molar-refractivity contribution in [1.82, 2.24) is 14.7 Å². The number of nitro groups is 1. The Labute approximate surface area is 111 Å². The number of amides is 1. The van der Waals surface area contributed by atoms with Crippen LogP contribution in [0, 0.1) is 10.1 Å². The van der Waals surface area contributed by atoms with Crippen LogP contribution in [0.1, 0.15) is 18.9 Å². The largest absolute Gasteiger partial charge is 0.406 e. The number of carbonyl (C=O) groups is 1. The van der Waals surface area contributed by atoms with Gasteiger partial charge in [0.15, 0.2) is 0 Å². The molecule has 1 saturated heterocycles. The summed E-state index contributed by atoms with van der Waals surface area (Å²) in [7, 11) is 0. The van der Waals surface area contributed by atoms with Gasteiger partial charge in [-0.05, 0) is 12.8 Å². The maximum atomic E-state index is 12.3. The van der Waals surface area contributed by atoms with Gasteiger partial charge in [0.25, 0.3) is 0 Å². The maximum absolute atomic E-state index is 12.3. The van der Waals surface area contributed by atoms with Crippen LogP contribution < -0.4 is 0 Å². The van der Waals surface area contributed by atoms with Crippen LogP contribution in [-0.4, -0.2) is 44.8 Å². The molecule has 20 heavy (non-hydrogen) atoms. The summed E-state index contributed by atoms with van der Waals surface area (Å²) in [5, 5.41) is 14.2. The topological polar surface area (TPSA) is 81.3 Å². The Morgan fingerprint density at radius 2 is 2.20 bits per heavy atom. The third-order valence-corrected chi connectivity index (χ3v) is 2.99. The first kappa shape index (κ1) is 14.3. The summed E-state index contributed by atoms with van der Waals surface area (Å²) < 4.78 is 38.1. The molecule has 0 spiro atoms. The molecule has 0 radical (unpaired) electrons. The van der Waals surface area contributed by atoms with E-state index >= 15 is 0 Å². The van der Waals surface area contributed by atoms with Crippen LogP contribution in [0.4, 0.5) is 18.9 Å². The van der Waals surface area contributed by atoms with Crippen molar-refractivity contribution in [3.63, 3.8) is 0 Å². The lowest BCUT2D eigenvalue weighted by atomic mass is 10.1. The first-order chi connectivity index (χ1) is 9.28. The molecule has 1 fully saturated rings. The number of hydrogen-bond acceptors (Lipinski definition) is 4. The maximum Gasteiger partial charge on any atom is 0.406 e. The SMILES string of the molecule is O=C1[C@H](n2cc([N+](=O)[O-])cn2)CCCN1CC(F)(F)F. The van der Waals surface area contributed by atoms with Gasteiger partial charge in [-0.25, -0.2) is 0 Å². The molecule has 2 rings (SSSR count). The predicted molar refractivity (Wildman–Crippen MR) is 59.8 cm³/mol. The van der Waals surface area contributed by atoms with Crippen molar-refractivity contribution in [1.29, 1.82) is 0 Å². The minimum atomic E-state index is -4.46. The molecule has 0 bridgehead atoms. The lowest BCUT2D eigenvalue weighted by molar-refractivity contribution is -0.385. The van der Waals surface area contributed by atoms with Crippen LogP contribution in [0.5, 0.6) is 0 Å². The molecule has 1 aliphatic heterocycles. The number of nitrogens with zero attached hydrogens (tertiary/aromatic N) is 4. The molecular formula is C10H11F3N4O3. The molecular weight excluding hydrogens is 281 g/mol. The average molecular weight is 292 g/mol. The van der Waals surface area contributed by atoms with Crippen LogP contribution in [-0.2, 0) is 4.79 Å². The highest BCUT2D eigenvalue weighted by Gasteiger charge is 2.38. The molecule has 0 unspecified atom stereocenters. The second kappa shape index (κ2) is 5.10. The highest BCUT2D eigenvalue weighted by atomic mass is 19.4. The van der Waals surface area contributed by atoms with Gasteiger partial charge >= 0.3 is 11.9 Å². The number of carbonyl (C=O) groups excluding carboxylic acids is 1. The normalized spacial score (nSPS) is 20.2. The minimum absolute atomic E-state index is 0.0260. The van der Waals surface area contributed by atoms with Crippen molar-refractivity contribution in [2.24, 2.45) is 0 Å². The van der Waals surface area contributed by atoms with Gasteiger partial charge in [0, 0.05) is 6.54 Å². The van der Waals surface area contributed by atoms with E-state index in [1.807, 2.05) is 0 Å². The van der Waals surface area contributed by atoms with Crippen LogP contribution in [0.2, 0.25) is 0 Å². The van der Waals surface area contributed by atoms with Gasteiger partial charge in [-0.3, -0.25) is 19.6 Å². The highest BCUT2D eigenvalue weighted by molar-refractivity contribution is 5.81. The number of piperidine rings is 1. The monoisotopic (exact) mass is 292 g/mol. The van der Waals surface area contributed by atoms with Crippen molar-refractivity contribution in [3.8, 4) is 0 Å². The van der Waals surface area contributed by atoms with Gasteiger partial charge in [0.2, 0.25) is 5.91 Å². The molecule has 0 saturated carbocycles. The lowest BCUT2D eigenvalue weighted by Crippen LogP contribution is -2.46. The van der Waals surface area contributed by atoms with E-state index in [2.05, 4.69) is 5.10 Å². The van der Waals surface area contributed by atoms with E-state index in [9.17, 15) is 28.1 Å². The standard InChI is InChI=1S/C10H11F3N4O3/c11-10(12,13)6-15-3-1-2-8(9(15)18)16-5-7(4-14-16)17(19)20/h4-5,8H,1-3,6H2/t8-/m1/s1. The zero-order valence-electron chi connectivity index (χ0n) is 10.2. The molecule has 0 N–H and O–H groups in total. The molecule has 110 valence electrons. The summed E-state index contributed by atoms with van der Waals surface area (Å²) in [5.74, 6) is -0.716. The van der Waals surface area contributed by atoms with Crippen molar-refractivity contribution in [2.75, 3.05) is 13.1 Å². The molecule has 2 heterocycles. The fourth-order valence-electron chi connectivity index (χ4n) is 2.13. The molecule has 1 atom stereocenters. The fourth-order valence-corrected chi connectivity index (χ4v) is 2.13. The second-order valence-electron chi connectivity index (χ2n) is 4.47. The van der Waals surface area contributed by atoms with Crippen molar-refractivity contribution >= 4 is 11.6 Å². The second-order valence-corrected chi connectivity index (χ2v) is 4.47. The number of rotatable bonds is 3. The van der Waals surface area contributed by atoms with Crippen LogP contribution >= 0.6 is 0 Å². The van der Waals surface area contributed by atoms with E-state index in [1.165, 1.54) is 0 Å². The number of likely N-dealkylation sites (tertiary alicyclic amines) is 1. The Bertz CT molecular complexity index is 528. The first-order valence-electron chi connectivity index (χ1n) is 5.82. The van der Waals surface area contributed by atoms with E-state index < -0.39 is 29.6 Å².